The highest BCUT2D eigenvalue weighted by Gasteiger charge is 2.35. The first kappa shape index (κ1) is 18.5. The molecule has 2 aromatic rings. The first-order chi connectivity index (χ1) is 12.5. The minimum atomic E-state index is -0.359. The number of nitrogens with zero attached hydrogens (tertiary/aromatic N) is 2. The van der Waals surface area contributed by atoms with Crippen LogP contribution in [-0.2, 0) is 9.59 Å². The molecule has 0 aliphatic carbocycles. The van der Waals surface area contributed by atoms with E-state index in [-0.39, 0.29) is 24.2 Å². The number of amides is 2. The summed E-state index contributed by atoms with van der Waals surface area (Å²) < 4.78 is 0.852. The van der Waals surface area contributed by atoms with Crippen molar-refractivity contribution in [2.24, 2.45) is 5.92 Å². The molecule has 0 aromatic heterocycles. The van der Waals surface area contributed by atoms with Gasteiger partial charge in [0.25, 0.3) is 0 Å². The van der Waals surface area contributed by atoms with E-state index < -0.39 is 0 Å². The molecule has 136 valence electrons. The Kier molecular flexibility index (Phi) is 5.61. The highest BCUT2D eigenvalue weighted by atomic mass is 79.9. The number of carbonyl (C=O) groups excluding carboxylic acids is 2. The van der Waals surface area contributed by atoms with E-state index in [9.17, 15) is 9.59 Å². The predicted octanol–water partition coefficient (Wildman–Crippen LogP) is 3.90. The summed E-state index contributed by atoms with van der Waals surface area (Å²) >= 11 is 3.47. The quantitative estimate of drug-likeness (QED) is 0.805. The van der Waals surface area contributed by atoms with Gasteiger partial charge in [0.15, 0.2) is 0 Å². The van der Waals surface area contributed by atoms with Crippen LogP contribution < -0.4 is 15.1 Å². The minimum Gasteiger partial charge on any atom is -0.375 e. The van der Waals surface area contributed by atoms with Crippen LogP contribution >= 0.6 is 15.9 Å². The Balaban J connectivity index is 1.70. The van der Waals surface area contributed by atoms with E-state index in [1.54, 1.807) is 4.90 Å². The molecule has 5 nitrogen and oxygen atoms in total. The van der Waals surface area contributed by atoms with Gasteiger partial charge in [-0.1, -0.05) is 18.2 Å². The minimum absolute atomic E-state index is 0.0310. The zero-order valence-electron chi connectivity index (χ0n) is 14.9. The molecule has 1 aliphatic rings. The Morgan fingerprint density at radius 2 is 2.04 bits per heavy atom. The standard InChI is InChI=1S/C20H22BrN3O2/c1-3-23(2)16-8-6-7-15(12-16)22-20(26)14-11-19(25)24(13-14)18-10-5-4-9-17(18)21/h4-10,12,14H,3,11,13H2,1-2H3,(H,22,26). The molecule has 2 aromatic carbocycles. The summed E-state index contributed by atoms with van der Waals surface area (Å²) in [6.45, 7) is 3.35. The molecular weight excluding hydrogens is 394 g/mol. The normalized spacial score (nSPS) is 16.7. The Morgan fingerprint density at radius 3 is 2.77 bits per heavy atom. The first-order valence-electron chi connectivity index (χ1n) is 8.66. The largest absolute Gasteiger partial charge is 0.375 e. The topological polar surface area (TPSA) is 52.7 Å². The highest BCUT2D eigenvalue weighted by molar-refractivity contribution is 9.10. The number of halogens is 1. The van der Waals surface area contributed by atoms with Gasteiger partial charge in [0.2, 0.25) is 11.8 Å². The highest BCUT2D eigenvalue weighted by Crippen LogP contribution is 2.31. The molecule has 3 rings (SSSR count). The second-order valence-electron chi connectivity index (χ2n) is 6.41. The summed E-state index contributed by atoms with van der Waals surface area (Å²) in [5.74, 6) is -0.511. The van der Waals surface area contributed by atoms with Crippen LogP contribution in [-0.4, -0.2) is 32.0 Å². The third-order valence-corrected chi connectivity index (χ3v) is 5.34. The molecule has 6 heteroatoms. The number of anilines is 3. The van der Waals surface area contributed by atoms with Crippen LogP contribution in [0.2, 0.25) is 0 Å². The first-order valence-corrected chi connectivity index (χ1v) is 9.46. The molecule has 1 unspecified atom stereocenters. The molecule has 0 bridgehead atoms. The van der Waals surface area contributed by atoms with Crippen molar-refractivity contribution in [3.8, 4) is 0 Å². The van der Waals surface area contributed by atoms with Crippen LogP contribution in [0, 0.1) is 5.92 Å². The van der Waals surface area contributed by atoms with Gasteiger partial charge in [-0.05, 0) is 53.2 Å². The smallest absolute Gasteiger partial charge is 0.229 e. The van der Waals surface area contributed by atoms with Crippen molar-refractivity contribution in [2.45, 2.75) is 13.3 Å². The van der Waals surface area contributed by atoms with Crippen molar-refractivity contribution >= 4 is 44.8 Å². The summed E-state index contributed by atoms with van der Waals surface area (Å²) in [4.78, 5) is 28.8. The van der Waals surface area contributed by atoms with E-state index in [0.717, 1.165) is 28.1 Å². The summed E-state index contributed by atoms with van der Waals surface area (Å²) in [7, 11) is 2.01. The van der Waals surface area contributed by atoms with Gasteiger partial charge in [-0.2, -0.15) is 0 Å². The third kappa shape index (κ3) is 3.90. The van der Waals surface area contributed by atoms with E-state index in [1.807, 2.05) is 55.6 Å². The van der Waals surface area contributed by atoms with E-state index in [1.165, 1.54) is 0 Å². The van der Waals surface area contributed by atoms with Crippen molar-refractivity contribution in [1.29, 1.82) is 0 Å². The summed E-state index contributed by atoms with van der Waals surface area (Å²) in [6.07, 6.45) is 0.224. The molecule has 26 heavy (non-hydrogen) atoms. The Bertz CT molecular complexity index is 824. The van der Waals surface area contributed by atoms with Crippen molar-refractivity contribution in [1.82, 2.24) is 0 Å². The lowest BCUT2D eigenvalue weighted by Gasteiger charge is -2.19. The second-order valence-corrected chi connectivity index (χ2v) is 7.26. The van der Waals surface area contributed by atoms with Crippen LogP contribution in [0.4, 0.5) is 17.1 Å². The average molecular weight is 416 g/mol. The predicted molar refractivity (Wildman–Crippen MR) is 109 cm³/mol. The molecule has 1 atom stereocenters. The summed E-state index contributed by atoms with van der Waals surface area (Å²) in [5.41, 5.74) is 2.60. The molecule has 0 radical (unpaired) electrons. The zero-order valence-corrected chi connectivity index (χ0v) is 16.5. The van der Waals surface area contributed by atoms with Gasteiger partial charge in [0.1, 0.15) is 0 Å². The van der Waals surface area contributed by atoms with Crippen LogP contribution in [0.25, 0.3) is 0 Å². The summed E-state index contributed by atoms with van der Waals surface area (Å²) in [5, 5.41) is 2.95. The molecule has 1 aliphatic heterocycles. The number of hydrogen-bond donors (Lipinski definition) is 1. The fourth-order valence-electron chi connectivity index (χ4n) is 3.03. The lowest BCUT2D eigenvalue weighted by Crippen LogP contribution is -2.28. The van der Waals surface area contributed by atoms with E-state index >= 15 is 0 Å². The molecule has 0 saturated carbocycles. The Hall–Kier alpha value is -2.34. The fraction of sp³-hybridized carbons (Fsp3) is 0.300. The van der Waals surface area contributed by atoms with Crippen LogP contribution in [0.5, 0.6) is 0 Å². The number of benzene rings is 2. The lowest BCUT2D eigenvalue weighted by molar-refractivity contribution is -0.122. The van der Waals surface area contributed by atoms with Crippen molar-refractivity contribution in [3.63, 3.8) is 0 Å². The van der Waals surface area contributed by atoms with Gasteiger partial charge in [0, 0.05) is 42.4 Å². The summed E-state index contributed by atoms with van der Waals surface area (Å²) in [6, 6.07) is 15.3. The van der Waals surface area contributed by atoms with Gasteiger partial charge in [-0.3, -0.25) is 9.59 Å². The number of carbonyl (C=O) groups is 2. The van der Waals surface area contributed by atoms with Crippen LogP contribution in [0.1, 0.15) is 13.3 Å². The zero-order chi connectivity index (χ0) is 18.7. The molecular formula is C20H22BrN3O2. The Morgan fingerprint density at radius 1 is 1.27 bits per heavy atom. The lowest BCUT2D eigenvalue weighted by atomic mass is 10.1. The van der Waals surface area contributed by atoms with Crippen molar-refractivity contribution < 1.29 is 9.59 Å². The van der Waals surface area contributed by atoms with E-state index in [4.69, 9.17) is 0 Å². The molecule has 0 spiro atoms. The van der Waals surface area contributed by atoms with Crippen LogP contribution in [0.15, 0.2) is 53.0 Å². The molecule has 2 amide bonds. The monoisotopic (exact) mass is 415 g/mol. The van der Waals surface area contributed by atoms with Gasteiger partial charge in [-0.25, -0.2) is 0 Å². The maximum absolute atomic E-state index is 12.7. The fourth-order valence-corrected chi connectivity index (χ4v) is 3.53. The van der Waals surface area contributed by atoms with Crippen molar-refractivity contribution in [2.75, 3.05) is 35.3 Å². The molecule has 1 heterocycles. The van der Waals surface area contributed by atoms with Crippen molar-refractivity contribution in [3.05, 3.63) is 53.0 Å². The molecule has 1 fully saturated rings. The van der Waals surface area contributed by atoms with Gasteiger partial charge in [0.05, 0.1) is 11.6 Å². The van der Waals surface area contributed by atoms with E-state index in [2.05, 4.69) is 33.1 Å². The van der Waals surface area contributed by atoms with Gasteiger partial charge < -0.3 is 15.1 Å². The maximum Gasteiger partial charge on any atom is 0.229 e. The maximum atomic E-state index is 12.7. The third-order valence-electron chi connectivity index (χ3n) is 4.67. The molecule has 1 saturated heterocycles. The number of rotatable bonds is 5. The molecule has 1 N–H and O–H groups in total. The van der Waals surface area contributed by atoms with Crippen LogP contribution in [0.3, 0.4) is 0 Å². The number of para-hydroxylation sites is 1. The number of hydrogen-bond acceptors (Lipinski definition) is 3. The number of nitrogens with one attached hydrogen (secondary N) is 1. The Labute approximate surface area is 162 Å². The van der Waals surface area contributed by atoms with Gasteiger partial charge >= 0.3 is 0 Å². The van der Waals surface area contributed by atoms with Gasteiger partial charge in [-0.15, -0.1) is 0 Å². The van der Waals surface area contributed by atoms with E-state index in [0.29, 0.717) is 6.54 Å². The second kappa shape index (κ2) is 7.91. The average Bonchev–Trinajstić information content (AvgIpc) is 3.03. The SMILES string of the molecule is CCN(C)c1cccc(NC(=O)C2CC(=O)N(c3ccccc3Br)C2)c1.